The molecule has 0 radical (unpaired) electrons. The van der Waals surface area contributed by atoms with E-state index in [2.05, 4.69) is 34.6 Å². The van der Waals surface area contributed by atoms with Gasteiger partial charge in [0.1, 0.15) is 36.6 Å². The van der Waals surface area contributed by atoms with Crippen LogP contribution in [0, 0.1) is 44.8 Å². The minimum Gasteiger partial charge on any atom is -0.393 e. The first-order chi connectivity index (χ1) is 25.0. The summed E-state index contributed by atoms with van der Waals surface area (Å²) in [6, 6.07) is 0. The Morgan fingerprint density at radius 3 is 2.04 bits per heavy atom. The third-order valence-corrected chi connectivity index (χ3v) is 17.6. The standard InChI is InChI=1S/C41H68O13/c1-19-26(44)28(46)30(48)34(51-19)52-22-15-23-38(7)16-20(42)31(39(8)11-9-25(54-39)36(4,5)49)37(38,6)13-14-40(23)18-41(40)12-10-24(35(2,3)32(22)41)53-33-29(47)27(45)21(43)17-50-33/h19-34,42-49H,9-18H2,1-8H3. The summed E-state index contributed by atoms with van der Waals surface area (Å²) in [5, 5.41) is 87.1. The molecule has 13 heteroatoms. The number of fused-ring (bicyclic) bond motifs is 2. The molecule has 0 aromatic rings. The average Bonchev–Trinajstić information content (AvgIpc) is 3.45. The lowest BCUT2D eigenvalue weighted by Crippen LogP contribution is -2.65. The minimum atomic E-state index is -1.47. The first kappa shape index (κ1) is 40.3. The zero-order valence-electron chi connectivity index (χ0n) is 33.4. The zero-order valence-corrected chi connectivity index (χ0v) is 33.4. The van der Waals surface area contributed by atoms with Crippen LogP contribution in [0.5, 0.6) is 0 Å². The molecule has 13 nitrogen and oxygen atoms in total. The van der Waals surface area contributed by atoms with Gasteiger partial charge < -0.3 is 64.5 Å². The summed E-state index contributed by atoms with van der Waals surface area (Å²) >= 11 is 0. The molecule has 0 aromatic heterocycles. The van der Waals surface area contributed by atoms with E-state index in [1.807, 2.05) is 0 Å². The van der Waals surface area contributed by atoms with Gasteiger partial charge in [0, 0.05) is 5.92 Å². The van der Waals surface area contributed by atoms with Crippen molar-refractivity contribution in [1.29, 1.82) is 0 Å². The van der Waals surface area contributed by atoms with Gasteiger partial charge in [-0.05, 0) is 124 Å². The molecule has 310 valence electrons. The molecule has 21 unspecified atom stereocenters. The maximum atomic E-state index is 12.2. The molecule has 0 aromatic carbocycles. The summed E-state index contributed by atoms with van der Waals surface area (Å²) < 4.78 is 32.1. The molecule has 8 fully saturated rings. The van der Waals surface area contributed by atoms with Crippen molar-refractivity contribution in [3.63, 3.8) is 0 Å². The van der Waals surface area contributed by atoms with E-state index in [1.54, 1.807) is 20.8 Å². The summed E-state index contributed by atoms with van der Waals surface area (Å²) in [6.07, 6.45) is -5.87. The van der Waals surface area contributed by atoms with E-state index >= 15 is 0 Å². The van der Waals surface area contributed by atoms with Crippen molar-refractivity contribution in [2.24, 2.45) is 44.8 Å². The predicted molar refractivity (Wildman–Crippen MR) is 192 cm³/mol. The lowest BCUT2D eigenvalue weighted by Gasteiger charge is -2.65. The zero-order chi connectivity index (χ0) is 39.3. The maximum absolute atomic E-state index is 12.2. The van der Waals surface area contributed by atoms with E-state index in [-0.39, 0.29) is 52.1 Å². The smallest absolute Gasteiger partial charge is 0.186 e. The second-order valence-electron chi connectivity index (χ2n) is 21.0. The Morgan fingerprint density at radius 2 is 1.37 bits per heavy atom. The number of hydrogen-bond donors (Lipinski definition) is 8. The van der Waals surface area contributed by atoms with Crippen LogP contribution in [0.15, 0.2) is 0 Å². The molecule has 0 bridgehead atoms. The van der Waals surface area contributed by atoms with E-state index in [1.165, 1.54) is 0 Å². The fourth-order valence-electron chi connectivity index (χ4n) is 14.8. The quantitative estimate of drug-likeness (QED) is 0.182. The highest BCUT2D eigenvalue weighted by molar-refractivity contribution is 5.33. The Balaban J connectivity index is 1.15. The third kappa shape index (κ3) is 5.43. The predicted octanol–water partition coefficient (Wildman–Crippen LogP) is 1.75. The molecular weight excluding hydrogens is 700 g/mol. The van der Waals surface area contributed by atoms with E-state index in [0.717, 1.165) is 38.5 Å². The van der Waals surface area contributed by atoms with Crippen molar-refractivity contribution in [2.45, 2.75) is 204 Å². The Hall–Kier alpha value is -0.520. The van der Waals surface area contributed by atoms with Gasteiger partial charge >= 0.3 is 0 Å². The topological polar surface area (TPSA) is 208 Å². The van der Waals surface area contributed by atoms with E-state index in [0.29, 0.717) is 19.3 Å². The summed E-state index contributed by atoms with van der Waals surface area (Å²) in [4.78, 5) is 0. The largest absolute Gasteiger partial charge is 0.393 e. The lowest BCUT2D eigenvalue weighted by molar-refractivity contribution is -0.335. The van der Waals surface area contributed by atoms with Gasteiger partial charge in [0.05, 0.1) is 48.3 Å². The fraction of sp³-hybridized carbons (Fsp3) is 1.00. The Morgan fingerprint density at radius 1 is 0.685 bits per heavy atom. The molecule has 21 atom stereocenters. The van der Waals surface area contributed by atoms with Crippen molar-refractivity contribution in [3.8, 4) is 0 Å². The Bertz CT molecular complexity index is 1440. The number of aliphatic hydroxyl groups excluding tert-OH is 7. The van der Waals surface area contributed by atoms with Crippen LogP contribution in [-0.2, 0) is 23.7 Å². The van der Waals surface area contributed by atoms with Crippen molar-refractivity contribution in [2.75, 3.05) is 6.61 Å². The van der Waals surface area contributed by atoms with Crippen molar-refractivity contribution in [1.82, 2.24) is 0 Å². The van der Waals surface area contributed by atoms with E-state index < -0.39 is 90.2 Å². The molecule has 8 N–H and O–H groups in total. The van der Waals surface area contributed by atoms with Gasteiger partial charge in [0.2, 0.25) is 0 Å². The fourth-order valence-corrected chi connectivity index (χ4v) is 14.8. The van der Waals surface area contributed by atoms with Crippen LogP contribution in [0.2, 0.25) is 0 Å². The molecule has 3 heterocycles. The average molecular weight is 769 g/mol. The van der Waals surface area contributed by atoms with Gasteiger partial charge in [-0.25, -0.2) is 0 Å². The Kier molecular flexibility index (Phi) is 9.50. The van der Waals surface area contributed by atoms with Crippen LogP contribution in [0.25, 0.3) is 0 Å². The summed E-state index contributed by atoms with van der Waals surface area (Å²) in [5.41, 5.74) is -2.90. The van der Waals surface area contributed by atoms with Crippen LogP contribution in [0.3, 0.4) is 0 Å². The molecule has 2 spiro atoms. The first-order valence-electron chi connectivity index (χ1n) is 20.7. The third-order valence-electron chi connectivity index (χ3n) is 17.6. The second-order valence-corrected chi connectivity index (χ2v) is 21.0. The highest BCUT2D eigenvalue weighted by Crippen LogP contribution is 2.89. The first-order valence-corrected chi connectivity index (χ1v) is 20.7. The number of rotatable bonds is 6. The van der Waals surface area contributed by atoms with Crippen LogP contribution in [-0.4, -0.2) is 138 Å². The van der Waals surface area contributed by atoms with Crippen molar-refractivity contribution < 1.29 is 64.5 Å². The second kappa shape index (κ2) is 12.7. The Labute approximate surface area is 319 Å². The van der Waals surface area contributed by atoms with Gasteiger partial charge in [0.25, 0.3) is 0 Å². The van der Waals surface area contributed by atoms with Crippen LogP contribution in [0.1, 0.15) is 113 Å². The molecule has 8 rings (SSSR count). The number of ether oxygens (including phenoxy) is 5. The molecule has 5 saturated carbocycles. The molecule has 0 amide bonds. The molecule has 3 aliphatic heterocycles. The van der Waals surface area contributed by atoms with Gasteiger partial charge in [-0.2, -0.15) is 0 Å². The highest BCUT2D eigenvalue weighted by atomic mass is 16.7. The molecule has 3 saturated heterocycles. The van der Waals surface area contributed by atoms with Crippen molar-refractivity contribution in [3.05, 3.63) is 0 Å². The van der Waals surface area contributed by atoms with E-state index in [9.17, 15) is 40.9 Å². The summed E-state index contributed by atoms with van der Waals surface area (Å²) in [6.45, 7) is 16.3. The minimum absolute atomic E-state index is 0.0219. The van der Waals surface area contributed by atoms with Crippen LogP contribution >= 0.6 is 0 Å². The number of hydrogen-bond acceptors (Lipinski definition) is 13. The van der Waals surface area contributed by atoms with Gasteiger partial charge in [-0.15, -0.1) is 0 Å². The van der Waals surface area contributed by atoms with Gasteiger partial charge in [-0.3, -0.25) is 0 Å². The molecular formula is C41H68O13. The monoisotopic (exact) mass is 768 g/mol. The van der Waals surface area contributed by atoms with Gasteiger partial charge in [0.15, 0.2) is 12.6 Å². The molecule has 8 aliphatic rings. The lowest BCUT2D eigenvalue weighted by atomic mass is 9.41. The normalized spacial score (nSPS) is 59.6. The summed E-state index contributed by atoms with van der Waals surface area (Å²) in [5.74, 6) is -0.0738. The van der Waals surface area contributed by atoms with Crippen LogP contribution < -0.4 is 0 Å². The van der Waals surface area contributed by atoms with Gasteiger partial charge in [-0.1, -0.05) is 27.7 Å². The maximum Gasteiger partial charge on any atom is 0.186 e. The molecule has 54 heavy (non-hydrogen) atoms. The van der Waals surface area contributed by atoms with E-state index in [4.69, 9.17) is 23.7 Å². The van der Waals surface area contributed by atoms with Crippen LogP contribution in [0.4, 0.5) is 0 Å². The summed E-state index contributed by atoms with van der Waals surface area (Å²) in [7, 11) is 0. The molecule has 5 aliphatic carbocycles. The van der Waals surface area contributed by atoms with Crippen molar-refractivity contribution >= 4 is 0 Å². The SMILES string of the molecule is CC1OC(OC2CC3C4(C)CC(O)C(C5(C)CCC(C(C)(C)O)O5)C4(C)CCC34CC43CCC(OC4OCC(O)C(O)C4O)C(C)(C)C23)C(O)C(O)C1O. The highest BCUT2D eigenvalue weighted by Gasteiger charge is 2.85. The number of aliphatic hydroxyl groups is 8.